The maximum atomic E-state index is 4.72. The van der Waals surface area contributed by atoms with Crippen LogP contribution in [0.15, 0.2) is 0 Å². The smallest absolute Gasteiger partial charge is 0.0710 e. The monoisotopic (exact) mass is 103 g/mol. The zero-order valence-electron chi connectivity index (χ0n) is 4.14. The van der Waals surface area contributed by atoms with Crippen molar-refractivity contribution in [3.8, 4) is 0 Å². The van der Waals surface area contributed by atoms with Crippen molar-refractivity contribution >= 4 is 0 Å². The van der Waals surface area contributed by atoms with Crippen LogP contribution in [-0.2, 0) is 9.68 Å². The summed E-state index contributed by atoms with van der Waals surface area (Å²) < 4.78 is 0. The molecule has 7 heavy (non-hydrogen) atoms. The van der Waals surface area contributed by atoms with Gasteiger partial charge in [-0.1, -0.05) is 5.64 Å². The Labute approximate surface area is 42.5 Å². The van der Waals surface area contributed by atoms with E-state index >= 15 is 0 Å². The molecule has 0 bridgehead atoms. The van der Waals surface area contributed by atoms with E-state index in [4.69, 9.17) is 9.68 Å². The molecule has 1 rings (SSSR count). The van der Waals surface area contributed by atoms with Crippen LogP contribution in [0.3, 0.4) is 0 Å². The Bertz CT molecular complexity index is 29.3. The minimum absolute atomic E-state index is 0.764. The highest BCUT2D eigenvalue weighted by molar-refractivity contribution is 4.36. The van der Waals surface area contributed by atoms with Gasteiger partial charge in [0.05, 0.1) is 13.2 Å². The molecule has 0 aliphatic carbocycles. The van der Waals surface area contributed by atoms with E-state index in [0.29, 0.717) is 0 Å². The van der Waals surface area contributed by atoms with Gasteiger partial charge in [-0.2, -0.15) is 0 Å². The summed E-state index contributed by atoms with van der Waals surface area (Å²) in [6, 6.07) is 0. The van der Waals surface area contributed by atoms with E-state index in [1.165, 1.54) is 0 Å². The second-order valence-electron chi connectivity index (χ2n) is 1.49. The first-order valence-corrected chi connectivity index (χ1v) is 2.49. The lowest BCUT2D eigenvalue weighted by atomic mass is 10.3. The Morgan fingerprint density at radius 3 is 2.14 bits per heavy atom. The second kappa shape index (κ2) is 2.96. The summed E-state index contributed by atoms with van der Waals surface area (Å²) >= 11 is 0. The van der Waals surface area contributed by atoms with Crippen LogP contribution in [-0.4, -0.2) is 13.2 Å². The Kier molecular flexibility index (Phi) is 2.12. The molecule has 42 valence electrons. The maximum absolute atomic E-state index is 4.72. The first-order valence-electron chi connectivity index (χ1n) is 2.49. The Morgan fingerprint density at radius 1 is 1.00 bits per heavy atom. The first-order chi connectivity index (χ1) is 3.50. The molecule has 0 unspecified atom stereocenters. The Morgan fingerprint density at radius 2 is 1.57 bits per heavy atom. The summed E-state index contributed by atoms with van der Waals surface area (Å²) in [6.45, 7) is 1.53. The lowest BCUT2D eigenvalue weighted by Gasteiger charge is -1.95. The van der Waals surface area contributed by atoms with Crippen LogP contribution in [0.1, 0.15) is 12.8 Å². The molecule has 0 atom stereocenters. The molecule has 3 nitrogen and oxygen atoms in total. The molecule has 1 heterocycles. The van der Waals surface area contributed by atoms with Gasteiger partial charge in [0.1, 0.15) is 0 Å². The minimum atomic E-state index is 0.764. The molecular weight excluding hydrogens is 94.0 g/mol. The molecule has 1 aliphatic heterocycles. The second-order valence-corrected chi connectivity index (χ2v) is 1.49. The van der Waals surface area contributed by atoms with Gasteiger partial charge < -0.3 is 0 Å². The molecule has 0 saturated carbocycles. The van der Waals surface area contributed by atoms with Gasteiger partial charge in [-0.3, -0.25) is 9.68 Å². The standard InChI is InChI=1S/C4H9NO2/c1-2-4-7-5-6-3-1/h5H,1-4H2. The summed E-state index contributed by atoms with van der Waals surface area (Å²) in [4.78, 5) is 9.44. The molecule has 0 aromatic rings. The van der Waals surface area contributed by atoms with Crippen molar-refractivity contribution in [2.45, 2.75) is 12.8 Å². The molecule has 1 saturated heterocycles. The fourth-order valence-corrected chi connectivity index (χ4v) is 0.473. The van der Waals surface area contributed by atoms with Gasteiger partial charge in [0.25, 0.3) is 0 Å². The third-order valence-corrected chi connectivity index (χ3v) is 0.861. The summed E-state index contributed by atoms with van der Waals surface area (Å²) in [6.07, 6.45) is 2.18. The van der Waals surface area contributed by atoms with Crippen LogP contribution in [0.2, 0.25) is 0 Å². The van der Waals surface area contributed by atoms with Crippen LogP contribution in [0.25, 0.3) is 0 Å². The largest absolute Gasteiger partial charge is 0.277 e. The number of hydrogen-bond donors (Lipinski definition) is 1. The van der Waals surface area contributed by atoms with E-state index in [9.17, 15) is 0 Å². The van der Waals surface area contributed by atoms with Gasteiger partial charge in [-0.05, 0) is 12.8 Å². The highest BCUT2D eigenvalue weighted by Gasteiger charge is 1.94. The molecular formula is C4H9NO2. The fourth-order valence-electron chi connectivity index (χ4n) is 0.473. The van der Waals surface area contributed by atoms with Crippen molar-refractivity contribution in [2.75, 3.05) is 13.2 Å². The minimum Gasteiger partial charge on any atom is -0.277 e. The third-order valence-electron chi connectivity index (χ3n) is 0.861. The van der Waals surface area contributed by atoms with Gasteiger partial charge in [0, 0.05) is 0 Å². The highest BCUT2D eigenvalue weighted by atomic mass is 16.9. The van der Waals surface area contributed by atoms with Crippen LogP contribution < -0.4 is 5.64 Å². The zero-order valence-corrected chi connectivity index (χ0v) is 4.14. The Hall–Kier alpha value is -0.120. The van der Waals surface area contributed by atoms with Crippen molar-refractivity contribution in [2.24, 2.45) is 0 Å². The molecule has 0 radical (unpaired) electrons. The molecule has 1 N–H and O–H groups in total. The van der Waals surface area contributed by atoms with E-state index in [-0.39, 0.29) is 0 Å². The number of rotatable bonds is 0. The van der Waals surface area contributed by atoms with E-state index in [0.717, 1.165) is 26.1 Å². The first kappa shape index (κ1) is 5.03. The molecule has 1 fully saturated rings. The highest BCUT2D eigenvalue weighted by Crippen LogP contribution is 1.92. The fraction of sp³-hybridized carbons (Fsp3) is 1.00. The van der Waals surface area contributed by atoms with Gasteiger partial charge >= 0.3 is 0 Å². The van der Waals surface area contributed by atoms with Gasteiger partial charge in [-0.15, -0.1) is 0 Å². The topological polar surface area (TPSA) is 30.5 Å². The van der Waals surface area contributed by atoms with Crippen molar-refractivity contribution in [3.05, 3.63) is 0 Å². The predicted molar refractivity (Wildman–Crippen MR) is 24.3 cm³/mol. The summed E-state index contributed by atoms with van der Waals surface area (Å²) in [7, 11) is 0. The summed E-state index contributed by atoms with van der Waals surface area (Å²) in [5, 5.41) is 0. The number of nitrogens with one attached hydrogen (secondary N) is 1. The summed E-state index contributed by atoms with van der Waals surface area (Å²) in [5.41, 5.74) is 2.35. The van der Waals surface area contributed by atoms with Crippen LogP contribution >= 0.6 is 0 Å². The SMILES string of the molecule is C1CCONOC1. The maximum Gasteiger partial charge on any atom is 0.0710 e. The van der Waals surface area contributed by atoms with E-state index < -0.39 is 0 Å². The molecule has 0 aromatic carbocycles. The lowest BCUT2D eigenvalue weighted by Crippen LogP contribution is -2.11. The van der Waals surface area contributed by atoms with E-state index in [1.807, 2.05) is 0 Å². The van der Waals surface area contributed by atoms with Crippen molar-refractivity contribution < 1.29 is 9.68 Å². The van der Waals surface area contributed by atoms with E-state index in [1.54, 1.807) is 0 Å². The van der Waals surface area contributed by atoms with Crippen LogP contribution in [0.4, 0.5) is 0 Å². The third kappa shape index (κ3) is 1.87. The average molecular weight is 103 g/mol. The van der Waals surface area contributed by atoms with Gasteiger partial charge in [0.2, 0.25) is 0 Å². The number of hydrogen-bond acceptors (Lipinski definition) is 3. The average Bonchev–Trinajstić information content (AvgIpc) is 1.90. The van der Waals surface area contributed by atoms with Crippen molar-refractivity contribution in [1.82, 2.24) is 5.64 Å². The molecule has 1 aliphatic rings. The van der Waals surface area contributed by atoms with Crippen LogP contribution in [0.5, 0.6) is 0 Å². The predicted octanol–water partition coefficient (Wildman–Crippen LogP) is 0.233. The van der Waals surface area contributed by atoms with Gasteiger partial charge in [-0.25, -0.2) is 0 Å². The molecule has 0 spiro atoms. The molecule has 0 amide bonds. The van der Waals surface area contributed by atoms with Crippen molar-refractivity contribution in [1.29, 1.82) is 0 Å². The normalized spacial score (nSPS) is 24.0. The summed E-state index contributed by atoms with van der Waals surface area (Å²) in [5.74, 6) is 0. The van der Waals surface area contributed by atoms with Crippen molar-refractivity contribution in [3.63, 3.8) is 0 Å². The van der Waals surface area contributed by atoms with Gasteiger partial charge in [0.15, 0.2) is 0 Å². The molecule has 0 aromatic heterocycles. The van der Waals surface area contributed by atoms with E-state index in [2.05, 4.69) is 5.64 Å². The quantitative estimate of drug-likeness (QED) is 0.476. The Balaban J connectivity index is 2.04. The lowest BCUT2D eigenvalue weighted by molar-refractivity contribution is -0.153. The molecule has 3 heteroatoms. The van der Waals surface area contributed by atoms with Crippen LogP contribution in [0, 0.1) is 0 Å². The zero-order chi connectivity index (χ0) is 4.95.